The fourth-order valence-corrected chi connectivity index (χ4v) is 1.20. The van der Waals surface area contributed by atoms with Crippen LogP contribution in [0.4, 0.5) is 13.2 Å². The van der Waals surface area contributed by atoms with Gasteiger partial charge in [0.25, 0.3) is 0 Å². The number of nitrogens with zero attached hydrogens (tertiary/aromatic N) is 1. The minimum absolute atomic E-state index is 0.161. The first kappa shape index (κ1) is 13.3. The second-order valence-corrected chi connectivity index (χ2v) is 3.11. The van der Waals surface area contributed by atoms with Crippen LogP contribution in [-0.2, 0) is 22.1 Å². The van der Waals surface area contributed by atoms with E-state index in [0.29, 0.717) is 0 Å². The Balaban J connectivity index is 3.16. The average Bonchev–Trinajstić information content (AvgIpc) is 2.28. The van der Waals surface area contributed by atoms with E-state index in [2.05, 4.69) is 14.5 Å². The highest BCUT2D eigenvalue weighted by molar-refractivity contribution is 5.72. The van der Waals surface area contributed by atoms with Gasteiger partial charge in [-0.15, -0.1) is 0 Å². The molecule has 94 valence electrons. The summed E-state index contributed by atoms with van der Waals surface area (Å²) in [6.07, 6.45) is -5.12. The van der Waals surface area contributed by atoms with Gasteiger partial charge in [0.05, 0.1) is 20.6 Å². The molecule has 1 heterocycles. The van der Waals surface area contributed by atoms with Crippen molar-refractivity contribution in [2.45, 2.75) is 12.6 Å². The van der Waals surface area contributed by atoms with Crippen molar-refractivity contribution in [3.63, 3.8) is 0 Å². The molecule has 4 nitrogen and oxygen atoms in total. The number of alkyl halides is 3. The highest BCUT2D eigenvalue weighted by atomic mass is 19.4. The van der Waals surface area contributed by atoms with Gasteiger partial charge >= 0.3 is 12.1 Å². The molecule has 0 aliphatic rings. The number of aromatic nitrogens is 1. The molecule has 0 saturated carbocycles. The van der Waals surface area contributed by atoms with E-state index in [9.17, 15) is 18.0 Å². The van der Waals surface area contributed by atoms with Crippen LogP contribution in [0.2, 0.25) is 0 Å². The minimum Gasteiger partial charge on any atom is -0.481 e. The first-order valence-electron chi connectivity index (χ1n) is 4.56. The molecule has 1 aromatic heterocycles. The molecule has 7 heteroatoms. The fraction of sp³-hybridized carbons (Fsp3) is 0.400. The number of pyridine rings is 1. The number of rotatable bonds is 3. The number of hydrogen-bond acceptors (Lipinski definition) is 4. The Hall–Kier alpha value is -1.79. The number of methoxy groups -OCH3 is 2. The lowest BCUT2D eigenvalue weighted by molar-refractivity contribution is -0.143. The molecule has 0 saturated heterocycles. The van der Waals surface area contributed by atoms with E-state index in [-0.39, 0.29) is 11.4 Å². The van der Waals surface area contributed by atoms with Crippen molar-refractivity contribution in [2.24, 2.45) is 0 Å². The lowest BCUT2D eigenvalue weighted by Gasteiger charge is -2.12. The molecule has 0 atom stereocenters. The summed E-state index contributed by atoms with van der Waals surface area (Å²) < 4.78 is 46.9. The Morgan fingerprint density at radius 2 is 2.00 bits per heavy atom. The van der Waals surface area contributed by atoms with Gasteiger partial charge in [0.2, 0.25) is 5.88 Å². The summed E-state index contributed by atoms with van der Waals surface area (Å²) in [6, 6.07) is 2.40. The third kappa shape index (κ3) is 3.33. The van der Waals surface area contributed by atoms with Gasteiger partial charge in [-0.05, 0) is 5.56 Å². The summed E-state index contributed by atoms with van der Waals surface area (Å²) in [6.45, 7) is 0. The fourth-order valence-electron chi connectivity index (χ4n) is 1.20. The molecule has 0 bridgehead atoms. The molecule has 0 aliphatic heterocycles. The van der Waals surface area contributed by atoms with Crippen molar-refractivity contribution in [1.82, 2.24) is 4.98 Å². The summed E-state index contributed by atoms with van der Waals surface area (Å²) >= 11 is 0. The van der Waals surface area contributed by atoms with E-state index in [1.807, 2.05) is 0 Å². The highest BCUT2D eigenvalue weighted by Gasteiger charge is 2.36. The molecule has 0 aliphatic carbocycles. The van der Waals surface area contributed by atoms with Crippen LogP contribution in [0.25, 0.3) is 0 Å². The number of carbonyl (C=O) groups is 1. The Labute approximate surface area is 95.4 Å². The predicted molar refractivity (Wildman–Crippen MR) is 51.5 cm³/mol. The topological polar surface area (TPSA) is 48.4 Å². The lowest BCUT2D eigenvalue weighted by Crippen LogP contribution is -2.15. The molecule has 0 amide bonds. The van der Waals surface area contributed by atoms with E-state index in [1.54, 1.807) is 0 Å². The maximum Gasteiger partial charge on any atom is 0.433 e. The smallest absolute Gasteiger partial charge is 0.433 e. The molecule has 0 aromatic carbocycles. The first-order valence-corrected chi connectivity index (χ1v) is 4.56. The van der Waals surface area contributed by atoms with Crippen molar-refractivity contribution < 1.29 is 27.4 Å². The monoisotopic (exact) mass is 249 g/mol. The van der Waals surface area contributed by atoms with Crippen LogP contribution in [0.15, 0.2) is 12.1 Å². The van der Waals surface area contributed by atoms with E-state index >= 15 is 0 Å². The molecule has 0 unspecified atom stereocenters. The van der Waals surface area contributed by atoms with E-state index in [1.165, 1.54) is 13.2 Å². The first-order chi connectivity index (χ1) is 7.88. The summed E-state index contributed by atoms with van der Waals surface area (Å²) in [5.41, 5.74) is -1.38. The Morgan fingerprint density at radius 3 is 2.47 bits per heavy atom. The van der Waals surface area contributed by atoms with E-state index in [0.717, 1.165) is 13.2 Å². The van der Waals surface area contributed by atoms with E-state index < -0.39 is 24.3 Å². The van der Waals surface area contributed by atoms with Gasteiger partial charge in [0.1, 0.15) is 0 Å². The molecule has 1 aromatic rings. The second-order valence-electron chi connectivity index (χ2n) is 3.11. The van der Waals surface area contributed by atoms with Crippen LogP contribution in [0.5, 0.6) is 5.88 Å². The van der Waals surface area contributed by atoms with Gasteiger partial charge in [0.15, 0.2) is 5.69 Å². The molecule has 17 heavy (non-hydrogen) atoms. The van der Waals surface area contributed by atoms with Crippen molar-refractivity contribution in [2.75, 3.05) is 14.2 Å². The third-order valence-electron chi connectivity index (χ3n) is 1.99. The predicted octanol–water partition coefficient (Wildman–Crippen LogP) is 1.82. The van der Waals surface area contributed by atoms with Crippen molar-refractivity contribution >= 4 is 5.97 Å². The largest absolute Gasteiger partial charge is 0.481 e. The van der Waals surface area contributed by atoms with Crippen LogP contribution in [0.3, 0.4) is 0 Å². The third-order valence-corrected chi connectivity index (χ3v) is 1.99. The highest BCUT2D eigenvalue weighted by Crippen LogP contribution is 2.32. The normalized spacial score (nSPS) is 11.1. The summed E-state index contributed by atoms with van der Waals surface area (Å²) in [5, 5.41) is 0. The Morgan fingerprint density at radius 1 is 1.35 bits per heavy atom. The zero-order chi connectivity index (χ0) is 13.1. The number of halogens is 3. The minimum atomic E-state index is -4.64. The molecule has 0 radical (unpaired) electrons. The van der Waals surface area contributed by atoms with Crippen LogP contribution in [0, 0.1) is 0 Å². The number of hydrogen-bond donors (Lipinski definition) is 0. The van der Waals surface area contributed by atoms with Gasteiger partial charge in [-0.3, -0.25) is 4.79 Å². The maximum absolute atomic E-state index is 12.6. The molecule has 0 fully saturated rings. The number of carbonyl (C=O) groups excluding carboxylic acids is 1. The van der Waals surface area contributed by atoms with Crippen LogP contribution in [0.1, 0.15) is 11.3 Å². The van der Waals surface area contributed by atoms with Gasteiger partial charge in [-0.25, -0.2) is 4.98 Å². The van der Waals surface area contributed by atoms with Crippen molar-refractivity contribution in [3.05, 3.63) is 23.4 Å². The number of esters is 1. The molecule has 1 rings (SSSR count). The zero-order valence-corrected chi connectivity index (χ0v) is 9.17. The van der Waals surface area contributed by atoms with Crippen LogP contribution >= 0.6 is 0 Å². The molecule has 0 spiro atoms. The average molecular weight is 249 g/mol. The van der Waals surface area contributed by atoms with Gasteiger partial charge in [0, 0.05) is 6.07 Å². The molecular weight excluding hydrogens is 239 g/mol. The van der Waals surface area contributed by atoms with E-state index in [4.69, 9.17) is 0 Å². The maximum atomic E-state index is 12.6. The van der Waals surface area contributed by atoms with Crippen LogP contribution in [-0.4, -0.2) is 25.2 Å². The Kier molecular flexibility index (Phi) is 3.93. The van der Waals surface area contributed by atoms with Gasteiger partial charge in [-0.1, -0.05) is 6.07 Å². The van der Waals surface area contributed by atoms with Crippen LogP contribution < -0.4 is 4.74 Å². The SMILES string of the molecule is COC(=O)Cc1ccc(OC)nc1C(F)(F)F. The summed E-state index contributed by atoms with van der Waals surface area (Å²) in [5.74, 6) is -0.923. The number of ether oxygens (including phenoxy) is 2. The summed E-state index contributed by atoms with van der Waals surface area (Å²) in [4.78, 5) is 14.3. The van der Waals surface area contributed by atoms with Gasteiger partial charge in [-0.2, -0.15) is 13.2 Å². The van der Waals surface area contributed by atoms with Gasteiger partial charge < -0.3 is 9.47 Å². The second kappa shape index (κ2) is 5.03. The van der Waals surface area contributed by atoms with Crippen molar-refractivity contribution in [3.8, 4) is 5.88 Å². The zero-order valence-electron chi connectivity index (χ0n) is 9.17. The molecule has 0 N–H and O–H groups in total. The molecular formula is C10H10F3NO3. The summed E-state index contributed by atoms with van der Waals surface area (Å²) in [7, 11) is 2.31. The lowest BCUT2D eigenvalue weighted by atomic mass is 10.1. The van der Waals surface area contributed by atoms with Crippen molar-refractivity contribution in [1.29, 1.82) is 0 Å². The standard InChI is InChI=1S/C10H10F3NO3/c1-16-7-4-3-6(5-8(15)17-2)9(14-7)10(11,12)13/h3-4H,5H2,1-2H3. The Bertz CT molecular complexity index is 418. The quantitative estimate of drug-likeness (QED) is 0.767.